The van der Waals surface area contributed by atoms with Crippen molar-refractivity contribution in [1.29, 1.82) is 0 Å². The summed E-state index contributed by atoms with van der Waals surface area (Å²) in [6.07, 6.45) is 8.64. The van der Waals surface area contributed by atoms with Gasteiger partial charge in [0.1, 0.15) is 0 Å². The molecule has 2 saturated heterocycles. The summed E-state index contributed by atoms with van der Waals surface area (Å²) in [4.78, 5) is 2.53. The number of ether oxygens (including phenoxy) is 1. The van der Waals surface area contributed by atoms with E-state index in [1.54, 1.807) is 0 Å². The van der Waals surface area contributed by atoms with Crippen LogP contribution in [-0.2, 0) is 24.8 Å². The monoisotopic (exact) mass is 343 g/mol. The van der Waals surface area contributed by atoms with Crippen molar-refractivity contribution in [3.63, 3.8) is 0 Å². The lowest BCUT2D eigenvalue weighted by atomic mass is 9.83. The van der Waals surface area contributed by atoms with Crippen molar-refractivity contribution in [3.8, 4) is 0 Å². The van der Waals surface area contributed by atoms with Crippen molar-refractivity contribution >= 4 is 0 Å². The highest BCUT2D eigenvalue weighted by Gasteiger charge is 2.41. The van der Waals surface area contributed by atoms with Gasteiger partial charge in [-0.2, -0.15) is 5.10 Å². The van der Waals surface area contributed by atoms with Crippen LogP contribution in [0.3, 0.4) is 0 Å². The number of hydrogen-bond donors (Lipinski definition) is 0. The lowest BCUT2D eigenvalue weighted by molar-refractivity contribution is 0.0793. The van der Waals surface area contributed by atoms with Crippen LogP contribution >= 0.6 is 0 Å². The Morgan fingerprint density at radius 2 is 2.16 bits per heavy atom. The Bertz CT molecular complexity index is 737. The SMILES string of the molecule is Cn1cc(CN2CC[C@H]3[C@H](CO[C@@H]3Cc3nnc(C4CC4)o3)C2)cn1. The molecule has 3 aliphatic rings. The van der Waals surface area contributed by atoms with Gasteiger partial charge in [-0.3, -0.25) is 9.58 Å². The minimum Gasteiger partial charge on any atom is -0.425 e. The first-order chi connectivity index (χ1) is 12.2. The fourth-order valence-electron chi connectivity index (χ4n) is 4.34. The summed E-state index contributed by atoms with van der Waals surface area (Å²) in [5.74, 6) is 3.33. The largest absolute Gasteiger partial charge is 0.425 e. The van der Waals surface area contributed by atoms with Gasteiger partial charge in [0.05, 0.1) is 25.3 Å². The summed E-state index contributed by atoms with van der Waals surface area (Å²) in [6, 6.07) is 0. The Morgan fingerprint density at radius 3 is 2.96 bits per heavy atom. The van der Waals surface area contributed by atoms with Gasteiger partial charge in [-0.05, 0) is 31.7 Å². The zero-order valence-corrected chi connectivity index (χ0v) is 14.7. The summed E-state index contributed by atoms with van der Waals surface area (Å²) < 4.78 is 13.8. The van der Waals surface area contributed by atoms with E-state index in [0.29, 0.717) is 17.8 Å². The number of fused-ring (bicyclic) bond motifs is 1. The predicted octanol–water partition coefficient (Wildman–Crippen LogP) is 1.76. The number of rotatable bonds is 5. The molecular weight excluding hydrogens is 318 g/mol. The van der Waals surface area contributed by atoms with Gasteiger partial charge in [-0.1, -0.05) is 0 Å². The van der Waals surface area contributed by atoms with Gasteiger partial charge in [0.25, 0.3) is 0 Å². The number of likely N-dealkylation sites (tertiary alicyclic amines) is 1. The van der Waals surface area contributed by atoms with Gasteiger partial charge in [0.15, 0.2) is 0 Å². The van der Waals surface area contributed by atoms with E-state index in [2.05, 4.69) is 26.4 Å². The molecule has 134 valence electrons. The van der Waals surface area contributed by atoms with Crippen molar-refractivity contribution < 1.29 is 9.15 Å². The summed E-state index contributed by atoms with van der Waals surface area (Å²) in [5.41, 5.74) is 1.29. The summed E-state index contributed by atoms with van der Waals surface area (Å²) in [5, 5.41) is 12.7. The van der Waals surface area contributed by atoms with Crippen LogP contribution < -0.4 is 0 Å². The highest BCUT2D eigenvalue weighted by atomic mass is 16.5. The second-order valence-corrected chi connectivity index (χ2v) is 7.85. The van der Waals surface area contributed by atoms with E-state index in [1.165, 1.54) is 24.8 Å². The smallest absolute Gasteiger partial charge is 0.219 e. The Kier molecular flexibility index (Phi) is 3.86. The molecular formula is C18H25N5O2. The average Bonchev–Trinajstić information content (AvgIpc) is 3.02. The van der Waals surface area contributed by atoms with Crippen LogP contribution in [-0.4, -0.2) is 50.7 Å². The first-order valence-electron chi connectivity index (χ1n) is 9.38. The molecule has 4 heterocycles. The van der Waals surface area contributed by atoms with E-state index in [-0.39, 0.29) is 6.10 Å². The Labute approximate surface area is 147 Å². The number of aromatic nitrogens is 4. The first-order valence-corrected chi connectivity index (χ1v) is 9.38. The van der Waals surface area contributed by atoms with E-state index in [0.717, 1.165) is 44.4 Å². The first kappa shape index (κ1) is 15.5. The standard InChI is InChI=1S/C18H25N5O2/c1-22-8-12(7-19-22)9-23-5-4-15-14(10-23)11-24-16(15)6-17-20-21-18(25-17)13-2-3-13/h7-8,13-16H,2-6,9-11H2,1H3/t14-,15-,16+/m0/s1. The molecule has 0 unspecified atom stereocenters. The number of aryl methyl sites for hydroxylation is 1. The molecule has 0 aromatic carbocycles. The van der Waals surface area contributed by atoms with Gasteiger partial charge in [-0.25, -0.2) is 0 Å². The maximum atomic E-state index is 6.12. The van der Waals surface area contributed by atoms with Crippen molar-refractivity contribution in [2.45, 2.75) is 44.2 Å². The van der Waals surface area contributed by atoms with Crippen LogP contribution in [0.2, 0.25) is 0 Å². The van der Waals surface area contributed by atoms with Gasteiger partial charge in [0.2, 0.25) is 11.8 Å². The zero-order valence-electron chi connectivity index (χ0n) is 14.7. The van der Waals surface area contributed by atoms with Crippen LogP contribution in [0.4, 0.5) is 0 Å². The van der Waals surface area contributed by atoms with E-state index in [1.807, 2.05) is 17.9 Å². The lowest BCUT2D eigenvalue weighted by Crippen LogP contribution is -2.41. The topological polar surface area (TPSA) is 69.2 Å². The molecule has 0 bridgehead atoms. The normalized spacial score (nSPS) is 29.9. The number of piperidine rings is 1. The van der Waals surface area contributed by atoms with Crippen LogP contribution in [0.15, 0.2) is 16.8 Å². The molecule has 1 saturated carbocycles. The third kappa shape index (κ3) is 3.22. The van der Waals surface area contributed by atoms with Crippen molar-refractivity contribution in [1.82, 2.24) is 24.9 Å². The Hall–Kier alpha value is -1.73. The van der Waals surface area contributed by atoms with Crippen LogP contribution in [0.1, 0.15) is 42.5 Å². The minimum absolute atomic E-state index is 0.234. The fraction of sp³-hybridized carbons (Fsp3) is 0.722. The molecule has 5 rings (SSSR count). The zero-order chi connectivity index (χ0) is 16.8. The maximum absolute atomic E-state index is 6.12. The third-order valence-corrected chi connectivity index (χ3v) is 5.83. The van der Waals surface area contributed by atoms with Gasteiger partial charge in [-0.15, -0.1) is 10.2 Å². The third-order valence-electron chi connectivity index (χ3n) is 5.83. The molecule has 0 amide bonds. The second-order valence-electron chi connectivity index (χ2n) is 7.85. The van der Waals surface area contributed by atoms with E-state index < -0.39 is 0 Å². The summed E-state index contributed by atoms with van der Waals surface area (Å²) >= 11 is 0. The van der Waals surface area contributed by atoms with Crippen LogP contribution in [0.25, 0.3) is 0 Å². The molecule has 7 heteroatoms. The molecule has 0 spiro atoms. The molecule has 25 heavy (non-hydrogen) atoms. The molecule has 2 aliphatic heterocycles. The van der Waals surface area contributed by atoms with Gasteiger partial charge < -0.3 is 9.15 Å². The quantitative estimate of drug-likeness (QED) is 0.824. The van der Waals surface area contributed by atoms with Crippen molar-refractivity contribution in [2.24, 2.45) is 18.9 Å². The molecule has 2 aromatic heterocycles. The highest BCUT2D eigenvalue weighted by Crippen LogP contribution is 2.40. The molecule has 3 atom stereocenters. The number of hydrogen-bond acceptors (Lipinski definition) is 6. The summed E-state index contributed by atoms with van der Waals surface area (Å²) in [6.45, 7) is 4.05. The van der Waals surface area contributed by atoms with E-state index in [9.17, 15) is 0 Å². The molecule has 7 nitrogen and oxygen atoms in total. The van der Waals surface area contributed by atoms with Gasteiger partial charge in [0, 0.05) is 43.7 Å². The number of nitrogens with zero attached hydrogens (tertiary/aromatic N) is 5. The fourth-order valence-corrected chi connectivity index (χ4v) is 4.34. The molecule has 2 aromatic rings. The molecule has 3 fully saturated rings. The average molecular weight is 343 g/mol. The minimum atomic E-state index is 0.234. The van der Waals surface area contributed by atoms with Gasteiger partial charge >= 0.3 is 0 Å². The van der Waals surface area contributed by atoms with Crippen molar-refractivity contribution in [2.75, 3.05) is 19.7 Å². The van der Waals surface area contributed by atoms with E-state index >= 15 is 0 Å². The predicted molar refractivity (Wildman–Crippen MR) is 89.8 cm³/mol. The maximum Gasteiger partial charge on any atom is 0.219 e. The Balaban J connectivity index is 1.18. The summed E-state index contributed by atoms with van der Waals surface area (Å²) in [7, 11) is 1.97. The van der Waals surface area contributed by atoms with Crippen LogP contribution in [0.5, 0.6) is 0 Å². The van der Waals surface area contributed by atoms with Crippen molar-refractivity contribution in [3.05, 3.63) is 29.7 Å². The highest BCUT2D eigenvalue weighted by molar-refractivity contribution is 5.05. The molecule has 0 radical (unpaired) electrons. The van der Waals surface area contributed by atoms with E-state index in [4.69, 9.17) is 9.15 Å². The molecule has 0 N–H and O–H groups in total. The Morgan fingerprint density at radius 1 is 1.24 bits per heavy atom. The van der Waals surface area contributed by atoms with Crippen LogP contribution in [0, 0.1) is 11.8 Å². The second kappa shape index (κ2) is 6.21. The molecule has 1 aliphatic carbocycles. The lowest BCUT2D eigenvalue weighted by Gasteiger charge is -2.35.